The Hall–Kier alpha value is -1.81. The largest absolute Gasteiger partial charge is 0.433 e. The molecule has 0 N–H and O–H groups in total. The van der Waals surface area contributed by atoms with Gasteiger partial charge in [0.2, 0.25) is 0 Å². The molecule has 2 aliphatic carbocycles. The van der Waals surface area contributed by atoms with Crippen molar-refractivity contribution in [3.8, 4) is 0 Å². The minimum absolute atomic E-state index is 0.214. The van der Waals surface area contributed by atoms with Crippen molar-refractivity contribution in [3.05, 3.63) is 28.1 Å². The van der Waals surface area contributed by atoms with E-state index in [4.69, 9.17) is 0 Å². The molecule has 2 saturated carbocycles. The minimum atomic E-state index is -4.45. The highest BCUT2D eigenvalue weighted by Gasteiger charge is 2.39. The number of aromatic nitrogens is 4. The summed E-state index contributed by atoms with van der Waals surface area (Å²) in [5.74, 6) is 1.04. The molecule has 3 heterocycles. The summed E-state index contributed by atoms with van der Waals surface area (Å²) in [6.45, 7) is 2.62. The summed E-state index contributed by atoms with van der Waals surface area (Å²) in [7, 11) is 0. The van der Waals surface area contributed by atoms with Crippen LogP contribution >= 0.6 is 11.3 Å². The average Bonchev–Trinajstić information content (AvgIpc) is 3.63. The monoisotopic (exact) mass is 424 g/mol. The summed E-state index contributed by atoms with van der Waals surface area (Å²) in [4.78, 5) is 12.1. The topological polar surface area (TPSA) is 58.0 Å². The van der Waals surface area contributed by atoms with E-state index in [1.165, 1.54) is 17.8 Å². The van der Waals surface area contributed by atoms with Gasteiger partial charge >= 0.3 is 6.18 Å². The summed E-state index contributed by atoms with van der Waals surface area (Å²) in [6, 6.07) is 1.61. The Morgan fingerprint density at radius 2 is 1.72 bits per heavy atom. The van der Waals surface area contributed by atoms with Crippen molar-refractivity contribution in [2.75, 3.05) is 18.0 Å². The molecule has 3 fully saturated rings. The molecule has 0 radical (unpaired) electrons. The zero-order valence-electron chi connectivity index (χ0n) is 16.0. The zero-order valence-corrected chi connectivity index (χ0v) is 16.8. The highest BCUT2D eigenvalue weighted by molar-refractivity contribution is 7.11. The van der Waals surface area contributed by atoms with Crippen molar-refractivity contribution in [3.63, 3.8) is 0 Å². The van der Waals surface area contributed by atoms with E-state index < -0.39 is 11.9 Å². The Balaban J connectivity index is 1.23. The second-order valence-electron chi connectivity index (χ2n) is 8.21. The SMILES string of the molecule is FC(F)(F)c1cc(N(C2CC2)C2CCN(Cc3nnc(C4CC4)s3)CC2)ncn1. The van der Waals surface area contributed by atoms with Crippen LogP contribution in [0.5, 0.6) is 0 Å². The van der Waals surface area contributed by atoms with Gasteiger partial charge in [-0.3, -0.25) is 4.90 Å². The smallest absolute Gasteiger partial charge is 0.350 e. The first-order valence-corrected chi connectivity index (χ1v) is 11.0. The van der Waals surface area contributed by atoms with Gasteiger partial charge < -0.3 is 4.90 Å². The Morgan fingerprint density at radius 3 is 2.38 bits per heavy atom. The Morgan fingerprint density at radius 1 is 1.00 bits per heavy atom. The average molecular weight is 424 g/mol. The number of piperidine rings is 1. The molecule has 0 atom stereocenters. The third kappa shape index (κ3) is 4.37. The molecule has 6 nitrogen and oxygen atoms in total. The van der Waals surface area contributed by atoms with E-state index >= 15 is 0 Å². The fourth-order valence-corrected chi connectivity index (χ4v) is 5.10. The first kappa shape index (κ1) is 19.2. The van der Waals surface area contributed by atoms with Gasteiger partial charge in [-0.05, 0) is 38.5 Å². The van der Waals surface area contributed by atoms with Crippen molar-refractivity contribution >= 4 is 17.2 Å². The third-order valence-electron chi connectivity index (χ3n) is 5.87. The summed E-state index contributed by atoms with van der Waals surface area (Å²) in [6.07, 6.45) is 2.91. The molecule has 0 bridgehead atoms. The maximum absolute atomic E-state index is 13.1. The summed E-state index contributed by atoms with van der Waals surface area (Å²) in [5, 5.41) is 10.9. The van der Waals surface area contributed by atoms with E-state index in [1.54, 1.807) is 11.3 Å². The molecule has 2 aromatic rings. The van der Waals surface area contributed by atoms with Gasteiger partial charge in [0.15, 0.2) is 0 Å². The number of likely N-dealkylation sites (tertiary alicyclic amines) is 1. The van der Waals surface area contributed by atoms with E-state index in [-0.39, 0.29) is 6.04 Å². The molecule has 1 aliphatic heterocycles. The van der Waals surface area contributed by atoms with Crippen molar-refractivity contribution in [1.29, 1.82) is 0 Å². The molecule has 1 saturated heterocycles. The number of hydrogen-bond acceptors (Lipinski definition) is 7. The van der Waals surface area contributed by atoms with Gasteiger partial charge in [0.25, 0.3) is 0 Å². The molecular weight excluding hydrogens is 401 g/mol. The highest BCUT2D eigenvalue weighted by Crippen LogP contribution is 2.41. The van der Waals surface area contributed by atoms with Gasteiger partial charge in [0, 0.05) is 37.2 Å². The second-order valence-corrected chi connectivity index (χ2v) is 9.31. The van der Waals surface area contributed by atoms with E-state index in [0.717, 1.165) is 62.7 Å². The molecule has 5 rings (SSSR count). The predicted molar refractivity (Wildman–Crippen MR) is 103 cm³/mol. The lowest BCUT2D eigenvalue weighted by atomic mass is 10.0. The zero-order chi connectivity index (χ0) is 20.0. The van der Waals surface area contributed by atoms with Gasteiger partial charge in [-0.25, -0.2) is 9.97 Å². The van der Waals surface area contributed by atoms with Crippen molar-refractivity contribution in [2.45, 2.75) is 69.2 Å². The quantitative estimate of drug-likeness (QED) is 0.702. The summed E-state index contributed by atoms with van der Waals surface area (Å²) >= 11 is 1.72. The van der Waals surface area contributed by atoms with Crippen LogP contribution in [-0.4, -0.2) is 50.2 Å². The van der Waals surface area contributed by atoms with Crippen molar-refractivity contribution < 1.29 is 13.2 Å². The molecule has 0 unspecified atom stereocenters. The number of anilines is 1. The van der Waals surface area contributed by atoms with Gasteiger partial charge in [0.05, 0.1) is 6.54 Å². The Labute approximate surface area is 171 Å². The summed E-state index contributed by atoms with van der Waals surface area (Å²) < 4.78 is 39.2. The van der Waals surface area contributed by atoms with Crippen molar-refractivity contribution in [2.24, 2.45) is 0 Å². The van der Waals surface area contributed by atoms with Gasteiger partial charge in [-0.1, -0.05) is 11.3 Å². The lowest BCUT2D eigenvalue weighted by Crippen LogP contribution is -2.46. The van der Waals surface area contributed by atoms with Crippen LogP contribution in [0.3, 0.4) is 0 Å². The summed E-state index contributed by atoms with van der Waals surface area (Å²) in [5.41, 5.74) is -0.867. The maximum atomic E-state index is 13.1. The second kappa shape index (κ2) is 7.46. The van der Waals surface area contributed by atoms with Crippen LogP contribution in [0.4, 0.5) is 19.0 Å². The number of halogens is 3. The van der Waals surface area contributed by atoms with E-state index in [0.29, 0.717) is 17.8 Å². The standard InChI is InChI=1S/C19H23F3N6S/c20-19(21,22)15-9-16(24-11-23-15)28(13-3-4-13)14-5-7-27(8-6-14)10-17-25-26-18(29-17)12-1-2-12/h9,11-14H,1-8,10H2. The molecule has 0 aromatic carbocycles. The predicted octanol–water partition coefficient (Wildman–Crippen LogP) is 3.86. The van der Waals surface area contributed by atoms with Crippen molar-refractivity contribution in [1.82, 2.24) is 25.1 Å². The molecular formula is C19H23F3N6S. The fraction of sp³-hybridized carbons (Fsp3) is 0.684. The van der Waals surface area contributed by atoms with Crippen LogP contribution in [0.1, 0.15) is 60.2 Å². The normalized spacial score (nSPS) is 21.5. The number of hydrogen-bond donors (Lipinski definition) is 0. The van der Waals surface area contributed by atoms with E-state index in [1.807, 2.05) is 0 Å². The minimum Gasteiger partial charge on any atom is -0.350 e. The van der Waals surface area contributed by atoms with Crippen LogP contribution in [0, 0.1) is 0 Å². The van der Waals surface area contributed by atoms with Crippen LogP contribution < -0.4 is 4.90 Å². The van der Waals surface area contributed by atoms with Crippen LogP contribution in [0.15, 0.2) is 12.4 Å². The number of nitrogens with zero attached hydrogens (tertiary/aromatic N) is 6. The maximum Gasteiger partial charge on any atom is 0.433 e. The molecule has 29 heavy (non-hydrogen) atoms. The lowest BCUT2D eigenvalue weighted by Gasteiger charge is -2.39. The molecule has 10 heteroatoms. The number of alkyl halides is 3. The first-order valence-electron chi connectivity index (χ1n) is 10.2. The lowest BCUT2D eigenvalue weighted by molar-refractivity contribution is -0.141. The highest BCUT2D eigenvalue weighted by atomic mass is 32.1. The number of rotatable bonds is 6. The Bertz CT molecular complexity index is 856. The van der Waals surface area contributed by atoms with Gasteiger partial charge in [-0.15, -0.1) is 10.2 Å². The molecule has 156 valence electrons. The van der Waals surface area contributed by atoms with Gasteiger partial charge in [0.1, 0.15) is 27.9 Å². The Kier molecular flexibility index (Phi) is 4.93. The first-order chi connectivity index (χ1) is 14.0. The third-order valence-corrected chi connectivity index (χ3v) is 6.94. The molecule has 0 amide bonds. The van der Waals surface area contributed by atoms with Gasteiger partial charge in [-0.2, -0.15) is 13.2 Å². The van der Waals surface area contributed by atoms with Crippen LogP contribution in [0.25, 0.3) is 0 Å². The van der Waals surface area contributed by atoms with Crippen LogP contribution in [0.2, 0.25) is 0 Å². The van der Waals surface area contributed by atoms with Crippen LogP contribution in [-0.2, 0) is 12.7 Å². The van der Waals surface area contributed by atoms with E-state index in [9.17, 15) is 13.2 Å². The molecule has 3 aliphatic rings. The van der Waals surface area contributed by atoms with E-state index in [2.05, 4.69) is 30.0 Å². The molecule has 0 spiro atoms. The molecule has 2 aromatic heterocycles. The fourth-order valence-electron chi connectivity index (χ4n) is 4.04.